The zero-order valence-corrected chi connectivity index (χ0v) is 13.3. The molecular formula is C18H34O2. The van der Waals surface area contributed by atoms with E-state index < -0.39 is 0 Å². The highest BCUT2D eigenvalue weighted by atomic mass is 17.2. The summed E-state index contributed by atoms with van der Waals surface area (Å²) in [5.41, 5.74) is 0. The molecule has 0 saturated heterocycles. The van der Waals surface area contributed by atoms with Crippen molar-refractivity contribution in [1.82, 2.24) is 0 Å². The maximum atomic E-state index is 5.34. The van der Waals surface area contributed by atoms with Gasteiger partial charge in [0.2, 0.25) is 0 Å². The van der Waals surface area contributed by atoms with Crippen molar-refractivity contribution in [2.45, 2.75) is 83.5 Å². The first-order valence-corrected chi connectivity index (χ1v) is 8.79. The molecule has 1 aliphatic rings. The number of unbranched alkanes of at least 4 members (excludes halogenated alkanes) is 7. The van der Waals surface area contributed by atoms with Gasteiger partial charge in [0.05, 0.1) is 13.2 Å². The minimum atomic E-state index is 0.749. The zero-order chi connectivity index (χ0) is 14.3. The van der Waals surface area contributed by atoms with Crippen LogP contribution in [0.4, 0.5) is 0 Å². The highest BCUT2D eigenvalue weighted by Gasteiger charge is 2.13. The lowest BCUT2D eigenvalue weighted by Crippen LogP contribution is -2.13. The van der Waals surface area contributed by atoms with Crippen LogP contribution >= 0.6 is 0 Å². The van der Waals surface area contributed by atoms with Gasteiger partial charge in [-0.15, -0.1) is 6.58 Å². The van der Waals surface area contributed by atoms with Gasteiger partial charge >= 0.3 is 0 Å². The van der Waals surface area contributed by atoms with Crippen LogP contribution in [0.2, 0.25) is 0 Å². The molecule has 0 aromatic carbocycles. The summed E-state index contributed by atoms with van der Waals surface area (Å²) in [6.45, 7) is 5.32. The third-order valence-corrected chi connectivity index (χ3v) is 4.25. The third kappa shape index (κ3) is 10.4. The predicted molar refractivity (Wildman–Crippen MR) is 85.6 cm³/mol. The van der Waals surface area contributed by atoms with Crippen molar-refractivity contribution in [3.05, 3.63) is 12.7 Å². The fraction of sp³-hybridized carbons (Fsp3) is 0.889. The Hall–Kier alpha value is -0.340. The summed E-state index contributed by atoms with van der Waals surface area (Å²) < 4.78 is 0. The molecule has 1 rings (SSSR count). The molecule has 118 valence electrons. The Kier molecular flexibility index (Phi) is 12.1. The van der Waals surface area contributed by atoms with Crippen molar-refractivity contribution in [3.8, 4) is 0 Å². The van der Waals surface area contributed by atoms with E-state index >= 15 is 0 Å². The van der Waals surface area contributed by atoms with E-state index in [1.807, 2.05) is 6.08 Å². The van der Waals surface area contributed by atoms with Gasteiger partial charge in [0.25, 0.3) is 0 Å². The predicted octanol–water partition coefficient (Wildman–Crippen LogP) is 5.82. The van der Waals surface area contributed by atoms with Gasteiger partial charge < -0.3 is 0 Å². The monoisotopic (exact) mass is 282 g/mol. The first kappa shape index (κ1) is 17.7. The summed E-state index contributed by atoms with van der Waals surface area (Å²) in [6, 6.07) is 0. The molecule has 0 atom stereocenters. The van der Waals surface area contributed by atoms with Crippen molar-refractivity contribution in [1.29, 1.82) is 0 Å². The lowest BCUT2D eigenvalue weighted by Gasteiger charge is -2.20. The average molecular weight is 282 g/mol. The summed E-state index contributed by atoms with van der Waals surface area (Å²) >= 11 is 0. The standard InChI is InChI=1S/C18H34O2/c1-2-3-4-5-6-7-8-9-13-16-19-20-17-18-14-11-10-12-15-18/h2,18H,1,3-17H2. The van der Waals surface area contributed by atoms with Crippen molar-refractivity contribution in [2.24, 2.45) is 5.92 Å². The van der Waals surface area contributed by atoms with Crippen LogP contribution in [0.5, 0.6) is 0 Å². The van der Waals surface area contributed by atoms with Crippen molar-refractivity contribution in [3.63, 3.8) is 0 Å². The molecule has 0 aromatic rings. The van der Waals surface area contributed by atoms with Gasteiger partial charge in [-0.25, -0.2) is 9.78 Å². The van der Waals surface area contributed by atoms with Gasteiger partial charge in [0.15, 0.2) is 0 Å². The van der Waals surface area contributed by atoms with Crippen LogP contribution in [0.25, 0.3) is 0 Å². The molecule has 0 N–H and O–H groups in total. The molecule has 0 bridgehead atoms. The van der Waals surface area contributed by atoms with Crippen LogP contribution in [0.3, 0.4) is 0 Å². The molecule has 0 aliphatic heterocycles. The topological polar surface area (TPSA) is 18.5 Å². The van der Waals surface area contributed by atoms with Gasteiger partial charge in [0, 0.05) is 0 Å². The molecule has 0 unspecified atom stereocenters. The molecule has 1 fully saturated rings. The SMILES string of the molecule is C=CCCCCCCCCCOOCC1CCCCC1. The Labute approximate surface area is 125 Å². The van der Waals surface area contributed by atoms with E-state index in [0.29, 0.717) is 0 Å². The molecule has 2 nitrogen and oxygen atoms in total. The Morgan fingerprint density at radius 1 is 0.800 bits per heavy atom. The van der Waals surface area contributed by atoms with E-state index in [-0.39, 0.29) is 0 Å². The van der Waals surface area contributed by atoms with Crippen molar-refractivity contribution >= 4 is 0 Å². The second kappa shape index (κ2) is 13.6. The quantitative estimate of drug-likeness (QED) is 0.183. The fourth-order valence-corrected chi connectivity index (χ4v) is 2.89. The highest BCUT2D eigenvalue weighted by Crippen LogP contribution is 2.23. The minimum Gasteiger partial charge on any atom is -0.237 e. The lowest BCUT2D eigenvalue weighted by atomic mass is 9.90. The van der Waals surface area contributed by atoms with Crippen LogP contribution in [-0.4, -0.2) is 13.2 Å². The molecule has 0 radical (unpaired) electrons. The Morgan fingerprint density at radius 3 is 2.15 bits per heavy atom. The number of hydrogen-bond acceptors (Lipinski definition) is 2. The minimum absolute atomic E-state index is 0.749. The smallest absolute Gasteiger partial charge is 0.0850 e. The first-order chi connectivity index (χ1) is 9.93. The number of hydrogen-bond donors (Lipinski definition) is 0. The van der Waals surface area contributed by atoms with E-state index in [4.69, 9.17) is 9.78 Å². The van der Waals surface area contributed by atoms with Crippen molar-refractivity contribution < 1.29 is 9.78 Å². The summed E-state index contributed by atoms with van der Waals surface area (Å²) in [5.74, 6) is 0.749. The molecule has 20 heavy (non-hydrogen) atoms. The molecule has 1 aliphatic carbocycles. The summed E-state index contributed by atoms with van der Waals surface area (Å²) in [6.07, 6.45) is 19.1. The van der Waals surface area contributed by atoms with Crippen LogP contribution < -0.4 is 0 Å². The van der Waals surface area contributed by atoms with Crippen LogP contribution in [0, 0.1) is 5.92 Å². The van der Waals surface area contributed by atoms with Gasteiger partial charge in [-0.05, 0) is 38.0 Å². The Bertz CT molecular complexity index is 209. The van der Waals surface area contributed by atoms with E-state index in [2.05, 4.69) is 6.58 Å². The summed E-state index contributed by atoms with van der Waals surface area (Å²) in [4.78, 5) is 10.6. The van der Waals surface area contributed by atoms with E-state index in [0.717, 1.165) is 25.6 Å². The maximum Gasteiger partial charge on any atom is 0.0850 e. The second-order valence-electron chi connectivity index (χ2n) is 6.16. The molecular weight excluding hydrogens is 248 g/mol. The number of rotatable bonds is 13. The first-order valence-electron chi connectivity index (χ1n) is 8.79. The molecule has 0 heterocycles. The zero-order valence-electron chi connectivity index (χ0n) is 13.3. The van der Waals surface area contributed by atoms with E-state index in [1.165, 1.54) is 77.0 Å². The van der Waals surface area contributed by atoms with Crippen molar-refractivity contribution in [2.75, 3.05) is 13.2 Å². The molecule has 2 heteroatoms. The number of allylic oxidation sites excluding steroid dienone is 1. The van der Waals surface area contributed by atoms with Gasteiger partial charge in [0.1, 0.15) is 0 Å². The molecule has 0 amide bonds. The summed E-state index contributed by atoms with van der Waals surface area (Å²) in [5, 5.41) is 0. The highest BCUT2D eigenvalue weighted by molar-refractivity contribution is 4.65. The van der Waals surface area contributed by atoms with Gasteiger partial charge in [-0.2, -0.15) is 0 Å². The van der Waals surface area contributed by atoms with E-state index in [1.54, 1.807) is 0 Å². The lowest BCUT2D eigenvalue weighted by molar-refractivity contribution is -0.302. The average Bonchev–Trinajstić information content (AvgIpc) is 2.49. The molecule has 0 spiro atoms. The molecule has 1 saturated carbocycles. The third-order valence-electron chi connectivity index (χ3n) is 4.25. The van der Waals surface area contributed by atoms with Crippen LogP contribution in [-0.2, 0) is 9.78 Å². The van der Waals surface area contributed by atoms with Gasteiger partial charge in [-0.3, -0.25) is 0 Å². The van der Waals surface area contributed by atoms with Crippen LogP contribution in [0.15, 0.2) is 12.7 Å². The Morgan fingerprint density at radius 2 is 1.45 bits per heavy atom. The largest absolute Gasteiger partial charge is 0.237 e. The molecule has 0 aromatic heterocycles. The summed E-state index contributed by atoms with van der Waals surface area (Å²) in [7, 11) is 0. The van der Waals surface area contributed by atoms with Crippen LogP contribution in [0.1, 0.15) is 83.5 Å². The van der Waals surface area contributed by atoms with E-state index in [9.17, 15) is 0 Å². The van der Waals surface area contributed by atoms with Gasteiger partial charge in [-0.1, -0.05) is 57.4 Å². The maximum absolute atomic E-state index is 5.34. The Balaban J connectivity index is 1.71. The second-order valence-corrected chi connectivity index (χ2v) is 6.16. The fourth-order valence-electron chi connectivity index (χ4n) is 2.89. The normalized spacial score (nSPS) is 16.4.